The quantitative estimate of drug-likeness (QED) is 0.462. The Bertz CT molecular complexity index is 702. The maximum atomic E-state index is 11.0. The fraction of sp³-hybridized carbons (Fsp3) is 0.0714. The molecule has 0 spiro atoms. The molecule has 2 aromatic rings. The smallest absolute Gasteiger partial charge is 0.312 e. The van der Waals surface area contributed by atoms with Crippen LogP contribution >= 0.6 is 15.9 Å². The second kappa shape index (κ2) is 6.36. The Hall–Kier alpha value is -2.41. The van der Waals surface area contributed by atoms with E-state index >= 15 is 0 Å². The molecule has 0 N–H and O–H groups in total. The highest BCUT2D eigenvalue weighted by molar-refractivity contribution is 9.10. The summed E-state index contributed by atoms with van der Waals surface area (Å²) < 4.78 is 11.2. The topological polar surface area (TPSA) is 78.7 Å². The van der Waals surface area contributed by atoms with Crippen molar-refractivity contribution in [3.8, 4) is 17.2 Å². The lowest BCUT2D eigenvalue weighted by Gasteiger charge is -2.09. The molecule has 0 aliphatic heterocycles. The number of benzene rings is 2. The van der Waals surface area contributed by atoms with Crippen LogP contribution in [-0.2, 0) is 0 Å². The van der Waals surface area contributed by atoms with Gasteiger partial charge in [0.2, 0.25) is 5.75 Å². The van der Waals surface area contributed by atoms with Crippen molar-refractivity contribution in [3.05, 3.63) is 56.5 Å². The molecule has 0 aliphatic rings. The number of hydrogen-bond donors (Lipinski definition) is 0. The molecule has 7 heteroatoms. The van der Waals surface area contributed by atoms with Gasteiger partial charge in [0.15, 0.2) is 0 Å². The Morgan fingerprint density at radius 2 is 1.90 bits per heavy atom. The first-order valence-corrected chi connectivity index (χ1v) is 6.59. The Morgan fingerprint density at radius 1 is 1.19 bits per heavy atom. The summed E-state index contributed by atoms with van der Waals surface area (Å²) in [5.41, 5.74) is -0.0647. The van der Waals surface area contributed by atoms with E-state index in [1.165, 1.54) is 25.3 Å². The number of nitrogens with zero attached hydrogens (tertiary/aromatic N) is 1. The van der Waals surface area contributed by atoms with Gasteiger partial charge in [-0.25, -0.2) is 0 Å². The van der Waals surface area contributed by atoms with E-state index in [4.69, 9.17) is 9.47 Å². The van der Waals surface area contributed by atoms with Gasteiger partial charge in [-0.3, -0.25) is 14.9 Å². The number of nitro groups is 1. The highest BCUT2D eigenvalue weighted by atomic mass is 79.9. The SMILES string of the molecule is COc1ccc(Oc2ccc(C=O)cc2[N+](=O)[O-])c(Br)c1. The lowest BCUT2D eigenvalue weighted by molar-refractivity contribution is -0.385. The predicted molar refractivity (Wildman–Crippen MR) is 79.3 cm³/mol. The van der Waals surface area contributed by atoms with E-state index in [0.29, 0.717) is 22.3 Å². The highest BCUT2D eigenvalue weighted by Crippen LogP contribution is 2.36. The average molecular weight is 352 g/mol. The van der Waals surface area contributed by atoms with Crippen LogP contribution in [0, 0.1) is 10.1 Å². The van der Waals surface area contributed by atoms with Crippen molar-refractivity contribution in [1.82, 2.24) is 0 Å². The molecule has 0 bridgehead atoms. The molecule has 108 valence electrons. The third-order valence-corrected chi connectivity index (χ3v) is 3.29. The molecule has 0 saturated heterocycles. The van der Waals surface area contributed by atoms with Gasteiger partial charge in [-0.2, -0.15) is 0 Å². The summed E-state index contributed by atoms with van der Waals surface area (Å²) in [4.78, 5) is 21.1. The third kappa shape index (κ3) is 3.38. The van der Waals surface area contributed by atoms with Gasteiger partial charge in [-0.15, -0.1) is 0 Å². The van der Waals surface area contributed by atoms with Crippen molar-refractivity contribution in [3.63, 3.8) is 0 Å². The van der Waals surface area contributed by atoms with Crippen LogP contribution in [0.1, 0.15) is 10.4 Å². The van der Waals surface area contributed by atoms with Gasteiger partial charge < -0.3 is 9.47 Å². The standard InChI is InChI=1S/C14H10BrNO5/c1-20-10-3-5-13(11(15)7-10)21-14-4-2-9(8-17)6-12(14)16(18)19/h2-8H,1H3. The van der Waals surface area contributed by atoms with Crippen LogP contribution in [-0.4, -0.2) is 18.3 Å². The monoisotopic (exact) mass is 351 g/mol. The van der Waals surface area contributed by atoms with E-state index in [-0.39, 0.29) is 17.0 Å². The zero-order valence-corrected chi connectivity index (χ0v) is 12.5. The molecule has 0 fully saturated rings. The van der Waals surface area contributed by atoms with Crippen LogP contribution in [0.3, 0.4) is 0 Å². The number of rotatable bonds is 5. The molecule has 0 atom stereocenters. The highest BCUT2D eigenvalue weighted by Gasteiger charge is 2.17. The number of nitro benzene ring substituents is 1. The maximum absolute atomic E-state index is 11.0. The van der Waals surface area contributed by atoms with Gasteiger partial charge in [0.25, 0.3) is 0 Å². The lowest BCUT2D eigenvalue weighted by atomic mass is 10.2. The van der Waals surface area contributed by atoms with Gasteiger partial charge in [0.05, 0.1) is 16.5 Å². The zero-order valence-electron chi connectivity index (χ0n) is 10.9. The van der Waals surface area contributed by atoms with E-state index in [9.17, 15) is 14.9 Å². The summed E-state index contributed by atoms with van der Waals surface area (Å²) in [5.74, 6) is 1.08. The van der Waals surface area contributed by atoms with E-state index in [2.05, 4.69) is 15.9 Å². The van der Waals surface area contributed by atoms with Crippen LogP contribution in [0.4, 0.5) is 5.69 Å². The van der Waals surface area contributed by atoms with E-state index in [1.807, 2.05) is 0 Å². The Labute approximate surface area is 128 Å². The normalized spacial score (nSPS) is 10.0. The summed E-state index contributed by atoms with van der Waals surface area (Å²) in [6.45, 7) is 0. The molecule has 2 rings (SSSR count). The first kappa shape index (κ1) is 15.0. The Morgan fingerprint density at radius 3 is 2.48 bits per heavy atom. The first-order valence-electron chi connectivity index (χ1n) is 5.80. The van der Waals surface area contributed by atoms with Crippen molar-refractivity contribution in [1.29, 1.82) is 0 Å². The van der Waals surface area contributed by atoms with Gasteiger partial charge in [0.1, 0.15) is 17.8 Å². The van der Waals surface area contributed by atoms with Crippen molar-refractivity contribution in [2.24, 2.45) is 0 Å². The minimum absolute atomic E-state index is 0.0523. The van der Waals surface area contributed by atoms with Crippen LogP contribution in [0.15, 0.2) is 40.9 Å². The molecular formula is C14H10BrNO5. The van der Waals surface area contributed by atoms with E-state index in [1.54, 1.807) is 18.2 Å². The molecule has 0 radical (unpaired) electrons. The summed E-state index contributed by atoms with van der Waals surface area (Å²) in [7, 11) is 1.53. The third-order valence-electron chi connectivity index (χ3n) is 2.67. The van der Waals surface area contributed by atoms with Gasteiger partial charge in [-0.05, 0) is 46.3 Å². The number of methoxy groups -OCH3 is 1. The molecule has 6 nitrogen and oxygen atoms in total. The van der Waals surface area contributed by atoms with E-state index < -0.39 is 4.92 Å². The van der Waals surface area contributed by atoms with E-state index in [0.717, 1.165) is 0 Å². The largest absolute Gasteiger partial charge is 0.497 e. The van der Waals surface area contributed by atoms with Crippen LogP contribution in [0.5, 0.6) is 17.2 Å². The number of hydrogen-bond acceptors (Lipinski definition) is 5. The Balaban J connectivity index is 2.39. The predicted octanol–water partition coefficient (Wildman–Crippen LogP) is 3.97. The van der Waals surface area contributed by atoms with Gasteiger partial charge in [0, 0.05) is 11.6 Å². The number of carbonyl (C=O) groups is 1. The Kier molecular flexibility index (Phi) is 4.54. The molecule has 0 heterocycles. The van der Waals surface area contributed by atoms with Crippen LogP contribution in [0.25, 0.3) is 0 Å². The fourth-order valence-electron chi connectivity index (χ4n) is 1.65. The molecule has 21 heavy (non-hydrogen) atoms. The number of ether oxygens (including phenoxy) is 2. The van der Waals surface area contributed by atoms with Gasteiger partial charge >= 0.3 is 5.69 Å². The maximum Gasteiger partial charge on any atom is 0.312 e. The first-order chi connectivity index (χ1) is 10.0. The minimum atomic E-state index is -0.597. The molecule has 0 amide bonds. The second-order valence-electron chi connectivity index (χ2n) is 4.00. The minimum Gasteiger partial charge on any atom is -0.497 e. The summed E-state index contributed by atoms with van der Waals surface area (Å²) in [6, 6.07) is 8.98. The second-order valence-corrected chi connectivity index (χ2v) is 4.85. The average Bonchev–Trinajstić information content (AvgIpc) is 2.49. The molecule has 0 aromatic heterocycles. The zero-order chi connectivity index (χ0) is 15.4. The summed E-state index contributed by atoms with van der Waals surface area (Å²) >= 11 is 3.30. The summed E-state index contributed by atoms with van der Waals surface area (Å²) in [5, 5.41) is 11.0. The van der Waals surface area contributed by atoms with Crippen LogP contribution in [0.2, 0.25) is 0 Å². The molecular weight excluding hydrogens is 342 g/mol. The number of aldehydes is 1. The van der Waals surface area contributed by atoms with Crippen molar-refractivity contribution in [2.45, 2.75) is 0 Å². The number of carbonyl (C=O) groups excluding carboxylic acids is 1. The summed E-state index contributed by atoms with van der Waals surface area (Å²) in [6.07, 6.45) is 0.542. The van der Waals surface area contributed by atoms with Crippen molar-refractivity contribution in [2.75, 3.05) is 7.11 Å². The van der Waals surface area contributed by atoms with Gasteiger partial charge in [-0.1, -0.05) is 0 Å². The number of halogens is 1. The van der Waals surface area contributed by atoms with Crippen LogP contribution < -0.4 is 9.47 Å². The molecule has 0 unspecified atom stereocenters. The molecule has 0 saturated carbocycles. The van der Waals surface area contributed by atoms with Crippen molar-refractivity contribution < 1.29 is 19.2 Å². The van der Waals surface area contributed by atoms with Crippen molar-refractivity contribution >= 4 is 27.9 Å². The molecule has 0 aliphatic carbocycles. The molecule has 2 aromatic carbocycles. The fourth-order valence-corrected chi connectivity index (χ4v) is 2.09. The lowest BCUT2D eigenvalue weighted by Crippen LogP contribution is -1.95.